The van der Waals surface area contributed by atoms with Gasteiger partial charge in [0.2, 0.25) is 17.7 Å². The van der Waals surface area contributed by atoms with Gasteiger partial charge >= 0.3 is 5.97 Å². The lowest BCUT2D eigenvalue weighted by Crippen LogP contribution is -2.61. The van der Waals surface area contributed by atoms with Crippen molar-refractivity contribution in [2.75, 3.05) is 19.7 Å². The predicted octanol–water partition coefficient (Wildman–Crippen LogP) is 3.13. The van der Waals surface area contributed by atoms with E-state index in [0.717, 1.165) is 32.1 Å². The highest BCUT2D eigenvalue weighted by Gasteiger charge is 2.76. The topological polar surface area (TPSA) is 125 Å². The van der Waals surface area contributed by atoms with E-state index in [2.05, 4.69) is 18.5 Å². The van der Waals surface area contributed by atoms with Crippen molar-refractivity contribution in [3.63, 3.8) is 0 Å². The summed E-state index contributed by atoms with van der Waals surface area (Å²) in [5.41, 5.74) is -1.17. The minimum Gasteiger partial charge on any atom is -0.460 e. The zero-order valence-electron chi connectivity index (χ0n) is 26.2. The van der Waals surface area contributed by atoms with E-state index in [9.17, 15) is 24.3 Å². The summed E-state index contributed by atoms with van der Waals surface area (Å²) in [4.78, 5) is 58.3. The van der Waals surface area contributed by atoms with Crippen LogP contribution in [0.5, 0.6) is 0 Å². The quantitative estimate of drug-likeness (QED) is 0.218. The first-order valence-corrected chi connectivity index (χ1v) is 16.2. The standard InChI is InChI=1S/C33H51N3O7/c1-6-9-15-26(38)34-19-22(5)42-32(41)27-25-16-17-33(43-25)28(27)30(39)36(24(20-37)21(4)8-3)29(33)31(40)35(18-7-2)23-13-11-10-12-14-23/h6-7,21-25,27-29,37H,1-2,8-20H2,3-5H3,(H,34,38)/t21-,22-,24-,25-,27+,28+,29-,33+/m0/s1. The minimum atomic E-state index is -1.17. The molecule has 240 valence electrons. The molecule has 4 fully saturated rings. The number of ether oxygens (including phenoxy) is 2. The van der Waals surface area contributed by atoms with Crippen LogP contribution in [0.2, 0.25) is 0 Å². The second kappa shape index (κ2) is 14.4. The van der Waals surface area contributed by atoms with Crippen LogP contribution in [-0.2, 0) is 28.7 Å². The molecule has 3 aliphatic heterocycles. The van der Waals surface area contributed by atoms with Gasteiger partial charge in [-0.2, -0.15) is 0 Å². The van der Waals surface area contributed by atoms with Crippen molar-refractivity contribution >= 4 is 23.7 Å². The summed E-state index contributed by atoms with van der Waals surface area (Å²) in [6, 6.07) is -1.49. The summed E-state index contributed by atoms with van der Waals surface area (Å²) < 4.78 is 12.4. The molecule has 10 nitrogen and oxygen atoms in total. The first-order chi connectivity index (χ1) is 20.6. The van der Waals surface area contributed by atoms with Gasteiger partial charge < -0.3 is 29.7 Å². The molecule has 1 saturated carbocycles. The molecule has 0 unspecified atom stereocenters. The second-order valence-electron chi connectivity index (χ2n) is 12.9. The maximum atomic E-state index is 14.7. The Morgan fingerprint density at radius 1 is 1.19 bits per heavy atom. The van der Waals surface area contributed by atoms with E-state index < -0.39 is 47.7 Å². The van der Waals surface area contributed by atoms with E-state index in [4.69, 9.17) is 9.47 Å². The molecule has 0 aromatic rings. The normalized spacial score (nSPS) is 30.3. The number of hydrogen-bond acceptors (Lipinski definition) is 7. The fraction of sp³-hybridized carbons (Fsp3) is 0.758. The van der Waals surface area contributed by atoms with E-state index in [-0.39, 0.29) is 42.8 Å². The molecular formula is C33H51N3O7. The van der Waals surface area contributed by atoms with E-state index in [1.165, 1.54) is 0 Å². The Kier molecular flexibility index (Phi) is 11.1. The number of aliphatic hydroxyl groups excluding tert-OH is 1. The number of carbonyl (C=O) groups excluding carboxylic acids is 4. The van der Waals surface area contributed by atoms with Gasteiger partial charge in [-0.05, 0) is 44.9 Å². The lowest BCUT2D eigenvalue weighted by Gasteiger charge is -2.43. The van der Waals surface area contributed by atoms with Gasteiger partial charge in [0.05, 0.1) is 37.1 Å². The summed E-state index contributed by atoms with van der Waals surface area (Å²) in [6.07, 6.45) is 9.83. The Hall–Kier alpha value is -2.72. The Labute approximate surface area is 256 Å². The van der Waals surface area contributed by atoms with Gasteiger partial charge in [0.15, 0.2) is 0 Å². The molecule has 4 aliphatic rings. The SMILES string of the molecule is C=CCCC(=O)NC[C@H](C)OC(=O)[C@@H]1[C@@H]2CC[C@]3(O2)[C@H](C(=O)N(CC=C)C2CCCCC2)N([C@@H](CO)[C@@H](C)CC)C(=O)[C@@H]13. The van der Waals surface area contributed by atoms with Gasteiger partial charge in [-0.15, -0.1) is 13.2 Å². The molecule has 1 spiro atoms. The number of esters is 1. The van der Waals surface area contributed by atoms with Crippen molar-refractivity contribution < 1.29 is 33.8 Å². The Balaban J connectivity index is 1.63. The number of carbonyl (C=O) groups is 4. The van der Waals surface area contributed by atoms with Crippen LogP contribution in [0.1, 0.15) is 85.0 Å². The first-order valence-electron chi connectivity index (χ1n) is 16.2. The molecule has 0 aromatic carbocycles. The molecule has 3 amide bonds. The van der Waals surface area contributed by atoms with Crippen LogP contribution in [-0.4, -0.2) is 94.2 Å². The van der Waals surface area contributed by atoms with Crippen LogP contribution in [0.15, 0.2) is 25.3 Å². The Morgan fingerprint density at radius 3 is 2.53 bits per heavy atom. The Bertz CT molecular complexity index is 1060. The van der Waals surface area contributed by atoms with Crippen molar-refractivity contribution in [1.82, 2.24) is 15.1 Å². The first kappa shape index (κ1) is 33.2. The summed E-state index contributed by atoms with van der Waals surface area (Å²) in [5.74, 6) is -3.03. The number of amides is 3. The average molecular weight is 602 g/mol. The summed E-state index contributed by atoms with van der Waals surface area (Å²) in [6.45, 7) is 13.4. The smallest absolute Gasteiger partial charge is 0.312 e. The van der Waals surface area contributed by atoms with E-state index in [0.29, 0.717) is 38.6 Å². The zero-order valence-corrected chi connectivity index (χ0v) is 26.2. The molecule has 1 aliphatic carbocycles. The number of rotatable bonds is 15. The van der Waals surface area contributed by atoms with E-state index >= 15 is 0 Å². The molecule has 3 saturated heterocycles. The molecular weight excluding hydrogens is 550 g/mol. The lowest BCUT2D eigenvalue weighted by molar-refractivity contribution is -0.160. The van der Waals surface area contributed by atoms with Crippen LogP contribution in [0.4, 0.5) is 0 Å². The number of hydrogen-bond donors (Lipinski definition) is 2. The second-order valence-corrected chi connectivity index (χ2v) is 12.9. The molecule has 8 atom stereocenters. The largest absolute Gasteiger partial charge is 0.460 e. The lowest BCUT2D eigenvalue weighted by atomic mass is 9.70. The van der Waals surface area contributed by atoms with Gasteiger partial charge in [0, 0.05) is 19.0 Å². The zero-order chi connectivity index (χ0) is 31.3. The van der Waals surface area contributed by atoms with Crippen molar-refractivity contribution in [1.29, 1.82) is 0 Å². The third-order valence-electron chi connectivity index (χ3n) is 10.2. The van der Waals surface area contributed by atoms with Crippen LogP contribution in [0, 0.1) is 17.8 Å². The number of likely N-dealkylation sites (tertiary alicyclic amines) is 1. The van der Waals surface area contributed by atoms with Gasteiger partial charge in [0.1, 0.15) is 17.7 Å². The average Bonchev–Trinajstić information content (AvgIpc) is 3.65. The van der Waals surface area contributed by atoms with Gasteiger partial charge in [-0.3, -0.25) is 19.2 Å². The molecule has 10 heteroatoms. The number of aliphatic hydroxyl groups is 1. The van der Waals surface area contributed by atoms with Crippen molar-refractivity contribution in [3.8, 4) is 0 Å². The third kappa shape index (κ3) is 6.41. The van der Waals surface area contributed by atoms with E-state index in [1.807, 2.05) is 18.7 Å². The maximum absolute atomic E-state index is 14.7. The van der Waals surface area contributed by atoms with Crippen LogP contribution < -0.4 is 5.32 Å². The van der Waals surface area contributed by atoms with Crippen LogP contribution in [0.3, 0.4) is 0 Å². The van der Waals surface area contributed by atoms with Crippen molar-refractivity contribution in [3.05, 3.63) is 25.3 Å². The van der Waals surface area contributed by atoms with Gasteiger partial charge in [-0.25, -0.2) is 0 Å². The van der Waals surface area contributed by atoms with Gasteiger partial charge in [0.25, 0.3) is 0 Å². The number of nitrogens with one attached hydrogen (secondary N) is 1. The third-order valence-corrected chi connectivity index (χ3v) is 10.2. The Morgan fingerprint density at radius 2 is 1.91 bits per heavy atom. The fourth-order valence-corrected chi connectivity index (χ4v) is 7.82. The monoisotopic (exact) mass is 601 g/mol. The molecule has 0 radical (unpaired) electrons. The molecule has 3 heterocycles. The number of allylic oxidation sites excluding steroid dienone is 1. The van der Waals surface area contributed by atoms with E-state index in [1.54, 1.807) is 24.0 Å². The molecule has 2 N–H and O–H groups in total. The molecule has 0 aromatic heterocycles. The van der Waals surface area contributed by atoms with Crippen molar-refractivity contribution in [2.45, 2.75) is 121 Å². The summed E-state index contributed by atoms with van der Waals surface area (Å²) in [7, 11) is 0. The van der Waals surface area contributed by atoms with Crippen LogP contribution in [0.25, 0.3) is 0 Å². The number of nitrogens with zero attached hydrogens (tertiary/aromatic N) is 2. The molecule has 43 heavy (non-hydrogen) atoms. The number of fused-ring (bicyclic) bond motifs is 1. The molecule has 2 bridgehead atoms. The van der Waals surface area contributed by atoms with Crippen LogP contribution >= 0.6 is 0 Å². The highest BCUT2D eigenvalue weighted by Crippen LogP contribution is 2.59. The molecule has 4 rings (SSSR count). The maximum Gasteiger partial charge on any atom is 0.312 e. The minimum absolute atomic E-state index is 0.0460. The predicted molar refractivity (Wildman–Crippen MR) is 162 cm³/mol. The summed E-state index contributed by atoms with van der Waals surface area (Å²) >= 11 is 0. The van der Waals surface area contributed by atoms with Gasteiger partial charge in [-0.1, -0.05) is 51.7 Å². The highest BCUT2D eigenvalue weighted by molar-refractivity contribution is 5.98. The highest BCUT2D eigenvalue weighted by atomic mass is 16.6. The summed E-state index contributed by atoms with van der Waals surface area (Å²) in [5, 5.41) is 13.3. The fourth-order valence-electron chi connectivity index (χ4n) is 7.82. The van der Waals surface area contributed by atoms with Crippen molar-refractivity contribution in [2.24, 2.45) is 17.8 Å².